The fourth-order valence-corrected chi connectivity index (χ4v) is 3.39. The second-order valence-electron chi connectivity index (χ2n) is 5.41. The minimum absolute atomic E-state index is 0.122. The van der Waals surface area contributed by atoms with Crippen LogP contribution in [0, 0.1) is 16.7 Å². The van der Waals surface area contributed by atoms with Crippen LogP contribution in [0.25, 0.3) is 0 Å². The van der Waals surface area contributed by atoms with Crippen LogP contribution in [0.15, 0.2) is 0 Å². The van der Waals surface area contributed by atoms with Gasteiger partial charge in [0.25, 0.3) is 0 Å². The van der Waals surface area contributed by atoms with Gasteiger partial charge in [-0.1, -0.05) is 20.8 Å². The fourth-order valence-electron chi connectivity index (χ4n) is 3.39. The highest BCUT2D eigenvalue weighted by atomic mass is 16.3. The highest BCUT2D eigenvalue weighted by molar-refractivity contribution is 5.20. The average Bonchev–Trinajstić information content (AvgIpc) is 2.39. The highest BCUT2D eigenvalue weighted by Crippen LogP contribution is 2.69. The van der Waals surface area contributed by atoms with Gasteiger partial charge >= 0.3 is 0 Å². The lowest BCUT2D eigenvalue weighted by Crippen LogP contribution is -2.51. The zero-order chi connectivity index (χ0) is 12.6. The molecule has 0 spiro atoms. The Morgan fingerprint density at radius 2 is 2.00 bits per heavy atom. The van der Waals surface area contributed by atoms with Crippen LogP contribution in [0.3, 0.4) is 0 Å². The van der Waals surface area contributed by atoms with E-state index in [4.69, 9.17) is 4.11 Å². The molecule has 13 heavy (non-hydrogen) atoms. The van der Waals surface area contributed by atoms with Gasteiger partial charge in [-0.25, -0.2) is 0 Å². The molecule has 2 aliphatic carbocycles. The molecule has 0 aromatic heterocycles. The molecule has 2 saturated carbocycles. The van der Waals surface area contributed by atoms with Crippen molar-refractivity contribution in [3.63, 3.8) is 0 Å². The van der Waals surface area contributed by atoms with Crippen molar-refractivity contribution in [1.82, 2.24) is 0 Å². The first-order valence-corrected chi connectivity index (χ1v) is 4.90. The smallest absolute Gasteiger partial charge is 0.0938 e. The summed E-state index contributed by atoms with van der Waals surface area (Å²) in [7, 11) is 0. The van der Waals surface area contributed by atoms with E-state index in [0.29, 0.717) is 6.42 Å². The third-order valence-electron chi connectivity index (χ3n) is 4.95. The lowest BCUT2D eigenvalue weighted by molar-refractivity contribution is -0.134. The number of rotatable bonds is 0. The second-order valence-corrected chi connectivity index (χ2v) is 5.41. The second kappa shape index (κ2) is 2.12. The van der Waals surface area contributed by atoms with Gasteiger partial charge in [-0.05, 0) is 31.0 Å². The zero-order valence-corrected chi connectivity index (χ0v) is 8.46. The molecule has 0 aliphatic heterocycles. The van der Waals surface area contributed by atoms with Gasteiger partial charge in [0.15, 0.2) is 0 Å². The summed E-state index contributed by atoms with van der Waals surface area (Å²) in [4.78, 5) is 0. The van der Waals surface area contributed by atoms with Crippen LogP contribution in [0.5, 0.6) is 0 Å². The maximum absolute atomic E-state index is 10.6. The van der Waals surface area contributed by atoms with Crippen molar-refractivity contribution >= 4 is 0 Å². The van der Waals surface area contributed by atoms with E-state index in [0.717, 1.165) is 6.42 Å². The first-order valence-electron chi connectivity index (χ1n) is 6.40. The van der Waals surface area contributed by atoms with Crippen molar-refractivity contribution in [2.75, 3.05) is 0 Å². The number of hydrogen-bond acceptors (Lipinski definition) is 2. The molecule has 0 amide bonds. The van der Waals surface area contributed by atoms with E-state index >= 15 is 0 Å². The van der Waals surface area contributed by atoms with E-state index in [2.05, 4.69) is 0 Å². The molecule has 2 fully saturated rings. The van der Waals surface area contributed by atoms with Gasteiger partial charge in [0.2, 0.25) is 0 Å². The first-order chi connectivity index (χ1) is 7.00. The van der Waals surface area contributed by atoms with Crippen LogP contribution in [0.2, 0.25) is 0 Å². The molecular weight excluding hydrogens is 164 g/mol. The van der Waals surface area contributed by atoms with Crippen molar-refractivity contribution in [2.45, 2.75) is 52.2 Å². The molecule has 4 unspecified atom stereocenters. The van der Waals surface area contributed by atoms with Gasteiger partial charge < -0.3 is 10.2 Å². The maximum Gasteiger partial charge on any atom is 0.0938 e. The Bertz CT molecular complexity index is 326. The molecule has 2 nitrogen and oxygen atoms in total. The number of fused-ring (bicyclic) bond motifs is 2. The lowest BCUT2D eigenvalue weighted by atomic mass is 9.65. The molecular formula is C11H20O2. The Labute approximate surface area is 84.2 Å². The van der Waals surface area contributed by atoms with E-state index in [1.54, 1.807) is 6.92 Å². The Morgan fingerprint density at radius 1 is 1.38 bits per heavy atom. The van der Waals surface area contributed by atoms with Crippen LogP contribution < -0.4 is 0 Å². The SMILES string of the molecule is [2H]C([2H])([2H])C1(O)C(O)C2CCC1(C)C2(C)C. The summed E-state index contributed by atoms with van der Waals surface area (Å²) in [6, 6.07) is 0. The molecule has 2 N–H and O–H groups in total. The van der Waals surface area contributed by atoms with Crippen molar-refractivity contribution in [2.24, 2.45) is 16.7 Å². The van der Waals surface area contributed by atoms with Gasteiger partial charge in [-0.15, -0.1) is 0 Å². The molecule has 2 heteroatoms. The third kappa shape index (κ3) is 0.736. The predicted molar refractivity (Wildman–Crippen MR) is 51.2 cm³/mol. The van der Waals surface area contributed by atoms with Gasteiger partial charge in [0.1, 0.15) is 0 Å². The van der Waals surface area contributed by atoms with Crippen molar-refractivity contribution in [3.05, 3.63) is 0 Å². The van der Waals surface area contributed by atoms with Crippen LogP contribution >= 0.6 is 0 Å². The zero-order valence-electron chi connectivity index (χ0n) is 11.5. The van der Waals surface area contributed by atoms with E-state index in [1.807, 2.05) is 13.8 Å². The third-order valence-corrected chi connectivity index (χ3v) is 4.95. The first kappa shape index (κ1) is 6.41. The molecule has 4 atom stereocenters. The summed E-state index contributed by atoms with van der Waals surface area (Å²) in [5, 5.41) is 20.7. The predicted octanol–water partition coefficient (Wildman–Crippen LogP) is 1.55. The van der Waals surface area contributed by atoms with Crippen LogP contribution in [-0.2, 0) is 0 Å². The molecule has 2 aliphatic rings. The minimum atomic E-state index is -2.53. The Balaban J connectivity index is 2.60. The molecule has 0 aromatic rings. The molecule has 2 rings (SSSR count). The van der Waals surface area contributed by atoms with Gasteiger partial charge in [-0.2, -0.15) is 0 Å². The minimum Gasteiger partial charge on any atom is -0.390 e. The number of aliphatic hydroxyl groups is 2. The Hall–Kier alpha value is -0.0800. The van der Waals surface area contributed by atoms with Crippen molar-refractivity contribution in [1.29, 1.82) is 0 Å². The van der Waals surface area contributed by atoms with E-state index in [-0.39, 0.29) is 11.3 Å². The van der Waals surface area contributed by atoms with Crippen LogP contribution in [0.1, 0.15) is 44.6 Å². The monoisotopic (exact) mass is 187 g/mol. The Kier molecular flexibility index (Phi) is 1.04. The van der Waals surface area contributed by atoms with Gasteiger partial charge in [-0.3, -0.25) is 0 Å². The molecule has 0 heterocycles. The lowest BCUT2D eigenvalue weighted by Gasteiger charge is -2.44. The standard InChI is InChI=1S/C11H20O2/c1-9(2)7-5-6-10(9,3)11(4,13)8(7)12/h7-8,12-13H,5-6H2,1-4H3/i4D3. The highest BCUT2D eigenvalue weighted by Gasteiger charge is 2.71. The number of aliphatic hydroxyl groups excluding tert-OH is 1. The van der Waals surface area contributed by atoms with Crippen molar-refractivity contribution < 1.29 is 14.3 Å². The summed E-state index contributed by atoms with van der Waals surface area (Å²) >= 11 is 0. The molecule has 0 radical (unpaired) electrons. The molecule has 0 aromatic carbocycles. The normalized spacial score (nSPS) is 63.0. The maximum atomic E-state index is 10.6. The van der Waals surface area contributed by atoms with E-state index < -0.39 is 24.0 Å². The summed E-state index contributed by atoms with van der Waals surface area (Å²) in [6.07, 6.45) is 0.313. The molecule has 2 bridgehead atoms. The molecule has 76 valence electrons. The van der Waals surface area contributed by atoms with E-state index in [9.17, 15) is 10.2 Å². The van der Waals surface area contributed by atoms with Crippen LogP contribution in [0.4, 0.5) is 0 Å². The topological polar surface area (TPSA) is 40.5 Å². The van der Waals surface area contributed by atoms with Crippen molar-refractivity contribution in [3.8, 4) is 0 Å². The van der Waals surface area contributed by atoms with Gasteiger partial charge in [0, 0.05) is 9.53 Å². The summed E-state index contributed by atoms with van der Waals surface area (Å²) in [6.45, 7) is 3.18. The largest absolute Gasteiger partial charge is 0.390 e. The summed E-state index contributed by atoms with van der Waals surface area (Å²) < 4.78 is 22.6. The average molecular weight is 187 g/mol. The Morgan fingerprint density at radius 3 is 2.31 bits per heavy atom. The fraction of sp³-hybridized carbons (Fsp3) is 1.00. The summed E-state index contributed by atoms with van der Waals surface area (Å²) in [5.74, 6) is -0.122. The van der Waals surface area contributed by atoms with Gasteiger partial charge in [0.05, 0.1) is 11.7 Å². The van der Waals surface area contributed by atoms with Crippen LogP contribution in [-0.4, -0.2) is 21.9 Å². The number of hydrogen-bond donors (Lipinski definition) is 2. The summed E-state index contributed by atoms with van der Waals surface area (Å²) in [5.41, 5.74) is -3.04. The quantitative estimate of drug-likeness (QED) is 0.604. The molecule has 0 saturated heterocycles. The van der Waals surface area contributed by atoms with E-state index in [1.165, 1.54) is 0 Å².